The second-order valence-corrected chi connectivity index (χ2v) is 6.82. The minimum absolute atomic E-state index is 0. The summed E-state index contributed by atoms with van der Waals surface area (Å²) >= 11 is 3.46. The molecule has 2 aliphatic rings. The Labute approximate surface area is 138 Å². The Morgan fingerprint density at radius 2 is 2.05 bits per heavy atom. The maximum atomic E-state index is 6.33. The van der Waals surface area contributed by atoms with Crippen molar-refractivity contribution in [1.82, 2.24) is 10.1 Å². The van der Waals surface area contributed by atoms with Crippen LogP contribution in [-0.2, 0) is 0 Å². The van der Waals surface area contributed by atoms with Crippen LogP contribution in [0.1, 0.15) is 31.1 Å². The monoisotopic (exact) mass is 369 g/mol. The first kappa shape index (κ1) is 15.0. The van der Waals surface area contributed by atoms with E-state index in [1.165, 1.54) is 19.3 Å². The van der Waals surface area contributed by atoms with Gasteiger partial charge in [-0.2, -0.15) is 4.98 Å². The molecule has 2 N–H and O–H groups in total. The number of hydrogen-bond acceptors (Lipinski definition) is 4. The highest BCUT2D eigenvalue weighted by Gasteiger charge is 2.48. The Morgan fingerprint density at radius 3 is 2.76 bits per heavy atom. The summed E-state index contributed by atoms with van der Waals surface area (Å²) < 4.78 is 6.52. The van der Waals surface area contributed by atoms with Crippen LogP contribution in [0, 0.1) is 11.8 Å². The van der Waals surface area contributed by atoms with Crippen molar-refractivity contribution in [2.45, 2.75) is 31.2 Å². The van der Waals surface area contributed by atoms with E-state index in [9.17, 15) is 0 Å². The topological polar surface area (TPSA) is 64.9 Å². The average molecular weight is 371 g/mol. The van der Waals surface area contributed by atoms with Crippen molar-refractivity contribution < 1.29 is 4.52 Å². The van der Waals surface area contributed by atoms with Crippen LogP contribution in [-0.4, -0.2) is 16.2 Å². The third kappa shape index (κ3) is 2.51. The van der Waals surface area contributed by atoms with Crippen LogP contribution in [0.25, 0.3) is 11.4 Å². The molecule has 0 amide bonds. The molecule has 2 fully saturated rings. The summed E-state index contributed by atoms with van der Waals surface area (Å²) in [4.78, 5) is 4.59. The molecule has 1 aromatic carbocycles. The van der Waals surface area contributed by atoms with Crippen LogP contribution in [0.4, 0.5) is 0 Å². The Bertz CT molecular complexity index is 645. The maximum absolute atomic E-state index is 6.33. The summed E-state index contributed by atoms with van der Waals surface area (Å²) in [5.74, 6) is 2.90. The van der Waals surface area contributed by atoms with Gasteiger partial charge in [0.2, 0.25) is 11.7 Å². The van der Waals surface area contributed by atoms with Gasteiger partial charge >= 0.3 is 0 Å². The summed E-state index contributed by atoms with van der Waals surface area (Å²) in [5.41, 5.74) is 7.30. The largest absolute Gasteiger partial charge is 0.339 e. The number of nitrogens with zero attached hydrogens (tertiary/aromatic N) is 2. The number of halogens is 2. The first-order valence-corrected chi connectivity index (χ1v) is 7.87. The van der Waals surface area contributed by atoms with Gasteiger partial charge in [0.25, 0.3) is 0 Å². The molecular weight excluding hydrogens is 354 g/mol. The lowest BCUT2D eigenvalue weighted by Gasteiger charge is -2.24. The molecule has 2 aromatic rings. The molecule has 4 unspecified atom stereocenters. The molecular formula is C15H17BrClN3O. The van der Waals surface area contributed by atoms with E-state index in [4.69, 9.17) is 10.3 Å². The predicted octanol–water partition coefficient (Wildman–Crippen LogP) is 3.76. The SMILES string of the molecule is Cl.NC1C2CCC(C2)C1c1nc(-c2cccc(Br)c2)no1. The number of benzene rings is 1. The summed E-state index contributed by atoms with van der Waals surface area (Å²) in [7, 11) is 0. The quantitative estimate of drug-likeness (QED) is 0.874. The zero-order chi connectivity index (χ0) is 13.7. The highest BCUT2D eigenvalue weighted by Crippen LogP contribution is 2.51. The van der Waals surface area contributed by atoms with Crippen LogP contribution in [0.3, 0.4) is 0 Å². The first-order chi connectivity index (χ1) is 9.72. The summed E-state index contributed by atoms with van der Waals surface area (Å²) in [6.45, 7) is 0. The lowest BCUT2D eigenvalue weighted by atomic mass is 9.85. The Hall–Kier alpha value is -0.910. The molecule has 2 aliphatic carbocycles. The second kappa shape index (κ2) is 5.71. The van der Waals surface area contributed by atoms with Gasteiger partial charge in [-0.25, -0.2) is 0 Å². The standard InChI is InChI=1S/C15H16BrN3O.ClH/c16-11-3-1-2-10(7-11)14-18-15(20-19-14)12-8-4-5-9(6-8)13(12)17;/h1-3,7-9,12-13H,4-6,17H2;1H. The van der Waals surface area contributed by atoms with E-state index in [-0.39, 0.29) is 24.4 Å². The van der Waals surface area contributed by atoms with E-state index in [1.807, 2.05) is 24.3 Å². The van der Waals surface area contributed by atoms with Gasteiger partial charge in [-0.15, -0.1) is 12.4 Å². The molecule has 2 bridgehead atoms. The molecule has 0 aliphatic heterocycles. The van der Waals surface area contributed by atoms with E-state index < -0.39 is 0 Å². The first-order valence-electron chi connectivity index (χ1n) is 7.07. The molecule has 0 saturated heterocycles. The van der Waals surface area contributed by atoms with Crippen LogP contribution < -0.4 is 5.73 Å². The van der Waals surface area contributed by atoms with Crippen molar-refractivity contribution >= 4 is 28.3 Å². The lowest BCUT2D eigenvalue weighted by molar-refractivity contribution is 0.279. The summed E-state index contributed by atoms with van der Waals surface area (Å²) in [6.07, 6.45) is 3.73. The maximum Gasteiger partial charge on any atom is 0.231 e. The normalized spacial score (nSPS) is 30.4. The number of aromatic nitrogens is 2. The highest BCUT2D eigenvalue weighted by molar-refractivity contribution is 9.10. The summed E-state index contributed by atoms with van der Waals surface area (Å²) in [5, 5.41) is 4.13. The van der Waals surface area contributed by atoms with Gasteiger partial charge in [-0.3, -0.25) is 0 Å². The van der Waals surface area contributed by atoms with Crippen molar-refractivity contribution in [3.63, 3.8) is 0 Å². The Morgan fingerprint density at radius 1 is 1.24 bits per heavy atom. The second-order valence-electron chi connectivity index (χ2n) is 5.90. The van der Waals surface area contributed by atoms with Crippen molar-refractivity contribution in [2.75, 3.05) is 0 Å². The van der Waals surface area contributed by atoms with E-state index >= 15 is 0 Å². The van der Waals surface area contributed by atoms with Gasteiger partial charge in [-0.1, -0.05) is 33.2 Å². The number of fused-ring (bicyclic) bond motifs is 2. The van der Waals surface area contributed by atoms with Crippen molar-refractivity contribution in [1.29, 1.82) is 0 Å². The zero-order valence-corrected chi connectivity index (χ0v) is 13.8. The molecule has 1 aromatic heterocycles. The van der Waals surface area contributed by atoms with Crippen LogP contribution in [0.15, 0.2) is 33.3 Å². The van der Waals surface area contributed by atoms with Crippen LogP contribution in [0.2, 0.25) is 0 Å². The fourth-order valence-electron chi connectivity index (χ4n) is 3.82. The van der Waals surface area contributed by atoms with Gasteiger partial charge in [-0.05, 0) is 43.2 Å². The molecule has 4 rings (SSSR count). The fraction of sp³-hybridized carbons (Fsp3) is 0.467. The molecule has 2 saturated carbocycles. The van der Waals surface area contributed by atoms with Crippen molar-refractivity contribution in [3.8, 4) is 11.4 Å². The van der Waals surface area contributed by atoms with Gasteiger partial charge in [0.05, 0.1) is 5.92 Å². The third-order valence-electron chi connectivity index (χ3n) is 4.79. The minimum atomic E-state index is 0. The zero-order valence-electron chi connectivity index (χ0n) is 11.4. The molecule has 21 heavy (non-hydrogen) atoms. The Balaban J connectivity index is 0.00000132. The molecule has 0 spiro atoms. The highest BCUT2D eigenvalue weighted by atomic mass is 79.9. The number of hydrogen-bond donors (Lipinski definition) is 1. The van der Waals surface area contributed by atoms with E-state index in [2.05, 4.69) is 26.1 Å². The number of rotatable bonds is 2. The Kier molecular flexibility index (Phi) is 4.08. The van der Waals surface area contributed by atoms with Crippen LogP contribution >= 0.6 is 28.3 Å². The predicted molar refractivity (Wildman–Crippen MR) is 86.2 cm³/mol. The van der Waals surface area contributed by atoms with Crippen molar-refractivity contribution in [2.24, 2.45) is 17.6 Å². The van der Waals surface area contributed by atoms with Crippen molar-refractivity contribution in [3.05, 3.63) is 34.6 Å². The van der Waals surface area contributed by atoms with E-state index in [1.54, 1.807) is 0 Å². The van der Waals surface area contributed by atoms with Gasteiger partial charge in [0.15, 0.2) is 0 Å². The lowest BCUT2D eigenvalue weighted by Crippen LogP contribution is -2.34. The smallest absolute Gasteiger partial charge is 0.231 e. The molecule has 0 radical (unpaired) electrons. The molecule has 4 atom stereocenters. The summed E-state index contributed by atoms with van der Waals surface area (Å²) in [6, 6.07) is 8.12. The molecule has 4 nitrogen and oxygen atoms in total. The van der Waals surface area contributed by atoms with E-state index in [0.29, 0.717) is 17.7 Å². The molecule has 1 heterocycles. The van der Waals surface area contributed by atoms with Gasteiger partial charge in [0, 0.05) is 16.1 Å². The minimum Gasteiger partial charge on any atom is -0.339 e. The van der Waals surface area contributed by atoms with Gasteiger partial charge in [0.1, 0.15) is 0 Å². The third-order valence-corrected chi connectivity index (χ3v) is 5.28. The molecule has 112 valence electrons. The number of nitrogens with two attached hydrogens (primary N) is 1. The van der Waals surface area contributed by atoms with Gasteiger partial charge < -0.3 is 10.3 Å². The average Bonchev–Trinajstić information content (AvgIpc) is 3.13. The van der Waals surface area contributed by atoms with Crippen LogP contribution in [0.5, 0.6) is 0 Å². The van der Waals surface area contributed by atoms with E-state index in [0.717, 1.165) is 15.9 Å². The fourth-order valence-corrected chi connectivity index (χ4v) is 4.22. The molecule has 6 heteroatoms.